The fourth-order valence-corrected chi connectivity index (χ4v) is 1.69. The van der Waals surface area contributed by atoms with Gasteiger partial charge in [-0.25, -0.2) is 4.79 Å². The summed E-state index contributed by atoms with van der Waals surface area (Å²) in [5, 5.41) is 8.94. The molecule has 1 aromatic heterocycles. The van der Waals surface area contributed by atoms with Gasteiger partial charge in [-0.3, -0.25) is 4.57 Å². The second-order valence-electron chi connectivity index (χ2n) is 3.76. The van der Waals surface area contributed by atoms with E-state index in [0.717, 1.165) is 5.56 Å². The van der Waals surface area contributed by atoms with E-state index in [4.69, 9.17) is 14.6 Å². The highest BCUT2D eigenvalue weighted by Gasteiger charge is 2.21. The van der Waals surface area contributed by atoms with Gasteiger partial charge >= 0.3 is 5.69 Å². The first-order valence-electron chi connectivity index (χ1n) is 5.24. The van der Waals surface area contributed by atoms with E-state index in [9.17, 15) is 4.79 Å². The van der Waals surface area contributed by atoms with Crippen LogP contribution in [0.15, 0.2) is 23.1 Å². The van der Waals surface area contributed by atoms with Crippen molar-refractivity contribution in [1.29, 1.82) is 0 Å². The molecule has 0 spiro atoms. The molecule has 17 heavy (non-hydrogen) atoms. The lowest BCUT2D eigenvalue weighted by atomic mass is 10.3. The van der Waals surface area contributed by atoms with Crippen molar-refractivity contribution in [3.63, 3.8) is 0 Å². The summed E-state index contributed by atoms with van der Waals surface area (Å²) in [6.45, 7) is 1.69. The zero-order chi connectivity index (χ0) is 12.4. The number of methoxy groups -OCH3 is 1. The minimum atomic E-state index is -0.517. The van der Waals surface area contributed by atoms with Crippen molar-refractivity contribution in [2.45, 2.75) is 19.3 Å². The van der Waals surface area contributed by atoms with Gasteiger partial charge in [-0.1, -0.05) is 6.08 Å². The third-order valence-corrected chi connectivity index (χ3v) is 2.54. The predicted octanol–water partition coefficient (Wildman–Crippen LogP) is 0.00622. The Kier molecular flexibility index (Phi) is 3.26. The van der Waals surface area contributed by atoms with Crippen molar-refractivity contribution in [2.24, 2.45) is 0 Å². The van der Waals surface area contributed by atoms with Crippen LogP contribution in [0.3, 0.4) is 0 Å². The molecule has 6 nitrogen and oxygen atoms in total. The van der Waals surface area contributed by atoms with E-state index < -0.39 is 11.9 Å². The molecule has 1 aliphatic heterocycles. The molecule has 0 radical (unpaired) electrons. The highest BCUT2D eigenvalue weighted by molar-refractivity contribution is 5.21. The second-order valence-corrected chi connectivity index (χ2v) is 3.76. The summed E-state index contributed by atoms with van der Waals surface area (Å²) in [7, 11) is 1.47. The lowest BCUT2D eigenvalue weighted by Gasteiger charge is -2.15. The van der Waals surface area contributed by atoms with Crippen LogP contribution >= 0.6 is 0 Å². The number of aliphatic hydroxyl groups is 1. The van der Waals surface area contributed by atoms with Gasteiger partial charge < -0.3 is 14.6 Å². The Bertz CT molecular complexity index is 495. The zero-order valence-corrected chi connectivity index (χ0v) is 9.66. The van der Waals surface area contributed by atoms with Crippen LogP contribution < -0.4 is 10.4 Å². The van der Waals surface area contributed by atoms with Gasteiger partial charge in [0.2, 0.25) is 5.88 Å². The summed E-state index contributed by atoms with van der Waals surface area (Å²) in [6.07, 6.45) is 4.18. The van der Waals surface area contributed by atoms with Gasteiger partial charge in [-0.05, 0) is 13.0 Å². The molecule has 0 amide bonds. The molecule has 0 fully saturated rings. The summed E-state index contributed by atoms with van der Waals surface area (Å²) in [5.74, 6) is 0.312. The smallest absolute Gasteiger partial charge is 0.353 e. The number of rotatable bonds is 3. The van der Waals surface area contributed by atoms with Crippen molar-refractivity contribution in [2.75, 3.05) is 13.7 Å². The number of nitrogens with zero attached hydrogens (tertiary/aromatic N) is 2. The molecule has 6 heteroatoms. The molecule has 2 atom stereocenters. The van der Waals surface area contributed by atoms with Crippen LogP contribution in [0.4, 0.5) is 0 Å². The maximum Gasteiger partial charge on any atom is 0.353 e. The molecule has 0 aromatic carbocycles. The lowest BCUT2D eigenvalue weighted by Crippen LogP contribution is -2.28. The predicted molar refractivity (Wildman–Crippen MR) is 59.9 cm³/mol. The van der Waals surface area contributed by atoms with Crippen LogP contribution in [0.1, 0.15) is 11.8 Å². The molecular weight excluding hydrogens is 224 g/mol. The van der Waals surface area contributed by atoms with Gasteiger partial charge in [0, 0.05) is 11.8 Å². The summed E-state index contributed by atoms with van der Waals surface area (Å²) < 4.78 is 11.8. The molecule has 2 rings (SSSR count). The summed E-state index contributed by atoms with van der Waals surface area (Å²) in [5.41, 5.74) is 0.303. The Morgan fingerprint density at radius 3 is 2.94 bits per heavy atom. The molecule has 0 aliphatic carbocycles. The van der Waals surface area contributed by atoms with Crippen LogP contribution in [0.5, 0.6) is 5.88 Å². The fraction of sp³-hybridized carbons (Fsp3) is 0.455. The van der Waals surface area contributed by atoms with Crippen LogP contribution in [-0.2, 0) is 4.74 Å². The Labute approximate surface area is 98.1 Å². The monoisotopic (exact) mass is 238 g/mol. The molecule has 1 N–H and O–H groups in total. The van der Waals surface area contributed by atoms with E-state index in [0.29, 0.717) is 5.88 Å². The van der Waals surface area contributed by atoms with Gasteiger partial charge in [-0.2, -0.15) is 4.98 Å². The van der Waals surface area contributed by atoms with Crippen LogP contribution in [0.25, 0.3) is 0 Å². The van der Waals surface area contributed by atoms with E-state index in [1.54, 1.807) is 25.3 Å². The number of hydrogen-bond acceptors (Lipinski definition) is 5. The molecule has 0 saturated carbocycles. The number of ether oxygens (including phenoxy) is 2. The van der Waals surface area contributed by atoms with E-state index in [-0.39, 0.29) is 12.7 Å². The van der Waals surface area contributed by atoms with Crippen molar-refractivity contribution >= 4 is 0 Å². The standard InChI is InChI=1S/C11H14N2O4/c1-7-5-13(11(15)12-10(7)16-2)9-4-3-8(6-14)17-9/h3-5,8-9,14H,6H2,1-2H3/t8-,9+/m0/s1. The molecular formula is C11H14N2O4. The first-order chi connectivity index (χ1) is 8.15. The summed E-state index contributed by atoms with van der Waals surface area (Å²) >= 11 is 0. The van der Waals surface area contributed by atoms with Crippen molar-refractivity contribution in [3.8, 4) is 5.88 Å². The average Bonchev–Trinajstić information content (AvgIpc) is 2.80. The van der Waals surface area contributed by atoms with Crippen molar-refractivity contribution < 1.29 is 14.6 Å². The molecule has 92 valence electrons. The van der Waals surface area contributed by atoms with Crippen LogP contribution in [-0.4, -0.2) is 34.5 Å². The van der Waals surface area contributed by atoms with Crippen molar-refractivity contribution in [3.05, 3.63) is 34.4 Å². The Hall–Kier alpha value is -1.66. The van der Waals surface area contributed by atoms with E-state index >= 15 is 0 Å². The van der Waals surface area contributed by atoms with Crippen molar-refractivity contribution in [1.82, 2.24) is 9.55 Å². The maximum atomic E-state index is 11.7. The van der Waals surface area contributed by atoms with Crippen LogP contribution in [0, 0.1) is 6.92 Å². The SMILES string of the molecule is COc1nc(=O)n([C@H]2C=C[C@@H](CO)O2)cc1C. The average molecular weight is 238 g/mol. The normalized spacial score (nSPS) is 23.0. The van der Waals surface area contributed by atoms with E-state index in [1.165, 1.54) is 11.7 Å². The zero-order valence-electron chi connectivity index (χ0n) is 9.66. The molecule has 2 heterocycles. The Morgan fingerprint density at radius 1 is 1.59 bits per heavy atom. The number of hydrogen-bond donors (Lipinski definition) is 1. The third-order valence-electron chi connectivity index (χ3n) is 2.54. The van der Waals surface area contributed by atoms with E-state index in [2.05, 4.69) is 4.98 Å². The van der Waals surface area contributed by atoms with Crippen LogP contribution in [0.2, 0.25) is 0 Å². The van der Waals surface area contributed by atoms with Gasteiger partial charge in [-0.15, -0.1) is 0 Å². The fourth-order valence-electron chi connectivity index (χ4n) is 1.69. The van der Waals surface area contributed by atoms with Gasteiger partial charge in [0.1, 0.15) is 6.10 Å². The first kappa shape index (κ1) is 11.8. The maximum absolute atomic E-state index is 11.7. The molecule has 1 aliphatic rings. The van der Waals surface area contributed by atoms with Gasteiger partial charge in [0.05, 0.1) is 13.7 Å². The van der Waals surface area contributed by atoms with E-state index in [1.807, 2.05) is 0 Å². The number of aryl methyl sites for hydroxylation is 1. The Balaban J connectivity index is 2.32. The Morgan fingerprint density at radius 2 is 2.35 bits per heavy atom. The largest absolute Gasteiger partial charge is 0.481 e. The first-order valence-corrected chi connectivity index (χ1v) is 5.24. The molecule has 0 unspecified atom stereocenters. The van der Waals surface area contributed by atoms with Gasteiger partial charge in [0.25, 0.3) is 0 Å². The molecule has 0 bridgehead atoms. The number of aromatic nitrogens is 2. The molecule has 0 saturated heterocycles. The summed E-state index contributed by atoms with van der Waals surface area (Å²) in [6, 6.07) is 0. The minimum absolute atomic E-state index is 0.107. The highest BCUT2D eigenvalue weighted by atomic mass is 16.5. The minimum Gasteiger partial charge on any atom is -0.481 e. The highest BCUT2D eigenvalue weighted by Crippen LogP contribution is 2.20. The van der Waals surface area contributed by atoms with Gasteiger partial charge in [0.15, 0.2) is 6.23 Å². The lowest BCUT2D eigenvalue weighted by molar-refractivity contribution is -0.0105. The summed E-state index contributed by atoms with van der Waals surface area (Å²) in [4.78, 5) is 15.5. The quantitative estimate of drug-likeness (QED) is 0.751. The third kappa shape index (κ3) is 2.22. The second kappa shape index (κ2) is 4.68. The number of aliphatic hydroxyl groups excluding tert-OH is 1. The molecule has 1 aromatic rings. The topological polar surface area (TPSA) is 73.6 Å².